The molecule has 0 spiro atoms. The zero-order valence-electron chi connectivity index (χ0n) is 14.4. The number of phenolic OH excluding ortho intramolecular Hbond substituents is 1. The van der Waals surface area contributed by atoms with Crippen molar-refractivity contribution in [3.8, 4) is 28.7 Å². The number of esters is 2. The SMILES string of the molecule is Cc1cc(O)c(C(=O)O)c2c1C(=O)Oc1c(C)c(O)c3c(c1O2)[C@@H](O)OC3=O. The Balaban J connectivity index is 2.11. The molecule has 144 valence electrons. The predicted molar refractivity (Wildman–Crippen MR) is 88.1 cm³/mol. The van der Waals surface area contributed by atoms with E-state index in [1.807, 2.05) is 0 Å². The van der Waals surface area contributed by atoms with Gasteiger partial charge in [-0.25, -0.2) is 14.4 Å². The molecule has 2 aliphatic heterocycles. The fourth-order valence-electron chi connectivity index (χ4n) is 3.29. The maximum Gasteiger partial charge on any atom is 0.347 e. The molecular weight excluding hydrogens is 376 g/mol. The number of ether oxygens (including phenoxy) is 3. The van der Waals surface area contributed by atoms with Crippen LogP contribution < -0.4 is 9.47 Å². The number of fused-ring (bicyclic) bond motifs is 4. The maximum absolute atomic E-state index is 12.7. The number of aryl methyl sites for hydroxylation is 1. The highest BCUT2D eigenvalue weighted by atomic mass is 16.6. The van der Waals surface area contributed by atoms with Crippen LogP contribution in [0.1, 0.15) is 54.1 Å². The van der Waals surface area contributed by atoms with Crippen LogP contribution in [0.5, 0.6) is 28.7 Å². The molecule has 1 atom stereocenters. The average Bonchev–Trinajstić information content (AvgIpc) is 2.79. The fourth-order valence-corrected chi connectivity index (χ4v) is 3.29. The molecule has 2 aromatic carbocycles. The van der Waals surface area contributed by atoms with Crippen molar-refractivity contribution in [1.82, 2.24) is 0 Å². The molecule has 10 nitrogen and oxygen atoms in total. The van der Waals surface area contributed by atoms with Gasteiger partial charge in [0.25, 0.3) is 0 Å². The van der Waals surface area contributed by atoms with Crippen LogP contribution in [0.3, 0.4) is 0 Å². The second-order valence-electron chi connectivity index (χ2n) is 6.27. The van der Waals surface area contributed by atoms with E-state index in [-0.39, 0.29) is 33.8 Å². The first-order valence-electron chi connectivity index (χ1n) is 7.91. The molecule has 0 aliphatic carbocycles. The second-order valence-corrected chi connectivity index (χ2v) is 6.27. The Labute approximate surface area is 156 Å². The standard InChI is InChI=1S/C18H12O10/c1-4-3-6(19)8(15(21)22)13-7(4)16(23)27-12-5(2)11(20)9-10(14(12)26-13)18(25)28-17(9)24/h3,18-20,25H,1-2H3,(H,21,22)/t18-/m0/s1. The second kappa shape index (κ2) is 5.60. The number of aromatic hydroxyl groups is 2. The van der Waals surface area contributed by atoms with Gasteiger partial charge >= 0.3 is 17.9 Å². The van der Waals surface area contributed by atoms with Crippen LogP contribution in [0.2, 0.25) is 0 Å². The zero-order valence-corrected chi connectivity index (χ0v) is 14.4. The molecule has 2 aliphatic rings. The van der Waals surface area contributed by atoms with Gasteiger partial charge in [0.15, 0.2) is 17.2 Å². The predicted octanol–water partition coefficient (Wildman–Crippen LogP) is 1.90. The average molecular weight is 388 g/mol. The van der Waals surface area contributed by atoms with E-state index in [9.17, 15) is 34.8 Å². The van der Waals surface area contributed by atoms with Crippen LogP contribution in [0.15, 0.2) is 6.07 Å². The number of carbonyl (C=O) groups excluding carboxylic acids is 2. The topological polar surface area (TPSA) is 160 Å². The van der Waals surface area contributed by atoms with Crippen molar-refractivity contribution in [2.24, 2.45) is 0 Å². The molecule has 0 saturated heterocycles. The van der Waals surface area contributed by atoms with Crippen molar-refractivity contribution in [3.05, 3.63) is 39.4 Å². The van der Waals surface area contributed by atoms with Crippen LogP contribution in [0, 0.1) is 13.8 Å². The van der Waals surface area contributed by atoms with Crippen LogP contribution in [-0.2, 0) is 4.74 Å². The molecule has 0 fully saturated rings. The van der Waals surface area contributed by atoms with Gasteiger partial charge in [-0.1, -0.05) is 0 Å². The number of aromatic carboxylic acids is 1. The lowest BCUT2D eigenvalue weighted by atomic mass is 10.0. The molecule has 4 N–H and O–H groups in total. The quantitative estimate of drug-likeness (QED) is 0.419. The van der Waals surface area contributed by atoms with Gasteiger partial charge in [0.05, 0.1) is 5.56 Å². The number of phenols is 2. The zero-order chi connectivity index (χ0) is 20.5. The third-order valence-electron chi connectivity index (χ3n) is 4.60. The smallest absolute Gasteiger partial charge is 0.347 e. The van der Waals surface area contributed by atoms with E-state index in [0.717, 1.165) is 6.07 Å². The molecule has 0 amide bonds. The molecule has 0 radical (unpaired) electrons. The number of hydrogen-bond donors (Lipinski definition) is 4. The number of aliphatic hydroxyl groups is 1. The molecular formula is C18H12O10. The van der Waals surface area contributed by atoms with Crippen LogP contribution in [-0.4, -0.2) is 38.3 Å². The Hall–Kier alpha value is -3.79. The van der Waals surface area contributed by atoms with E-state index < -0.39 is 52.6 Å². The van der Waals surface area contributed by atoms with E-state index in [1.165, 1.54) is 13.8 Å². The molecule has 4 rings (SSSR count). The summed E-state index contributed by atoms with van der Waals surface area (Å²) in [5.74, 6) is -6.05. The van der Waals surface area contributed by atoms with E-state index in [0.29, 0.717) is 0 Å². The van der Waals surface area contributed by atoms with E-state index in [2.05, 4.69) is 4.74 Å². The lowest BCUT2D eigenvalue weighted by Crippen LogP contribution is -2.12. The number of cyclic esters (lactones) is 1. The Morgan fingerprint density at radius 2 is 1.68 bits per heavy atom. The molecule has 0 bridgehead atoms. The van der Waals surface area contributed by atoms with Gasteiger partial charge in [0, 0.05) is 5.56 Å². The largest absolute Gasteiger partial charge is 0.507 e. The summed E-state index contributed by atoms with van der Waals surface area (Å²) in [6.45, 7) is 2.77. The number of rotatable bonds is 1. The minimum atomic E-state index is -1.84. The lowest BCUT2D eigenvalue weighted by Gasteiger charge is -2.16. The van der Waals surface area contributed by atoms with Gasteiger partial charge in [-0.3, -0.25) is 0 Å². The first-order chi connectivity index (χ1) is 13.1. The van der Waals surface area contributed by atoms with Crippen molar-refractivity contribution >= 4 is 17.9 Å². The van der Waals surface area contributed by atoms with Gasteiger partial charge in [-0.2, -0.15) is 0 Å². The van der Waals surface area contributed by atoms with E-state index >= 15 is 0 Å². The Kier molecular flexibility index (Phi) is 3.52. The number of carboxylic acids is 1. The van der Waals surface area contributed by atoms with Crippen LogP contribution >= 0.6 is 0 Å². The summed E-state index contributed by atoms with van der Waals surface area (Å²) in [5, 5.41) is 39.9. The summed E-state index contributed by atoms with van der Waals surface area (Å²) >= 11 is 0. The highest BCUT2D eigenvalue weighted by molar-refractivity contribution is 6.05. The number of hydrogen-bond acceptors (Lipinski definition) is 9. The van der Waals surface area contributed by atoms with Gasteiger partial charge < -0.3 is 34.6 Å². The summed E-state index contributed by atoms with van der Waals surface area (Å²) in [7, 11) is 0. The first kappa shape index (κ1) is 17.6. The first-order valence-corrected chi connectivity index (χ1v) is 7.91. The Morgan fingerprint density at radius 1 is 1.00 bits per heavy atom. The highest BCUT2D eigenvalue weighted by Gasteiger charge is 2.43. The van der Waals surface area contributed by atoms with Crippen molar-refractivity contribution in [2.45, 2.75) is 20.1 Å². The monoisotopic (exact) mass is 388 g/mol. The van der Waals surface area contributed by atoms with Crippen molar-refractivity contribution in [2.75, 3.05) is 0 Å². The molecule has 0 unspecified atom stereocenters. The van der Waals surface area contributed by atoms with Crippen molar-refractivity contribution in [1.29, 1.82) is 0 Å². The van der Waals surface area contributed by atoms with Crippen LogP contribution in [0.25, 0.3) is 0 Å². The third kappa shape index (κ3) is 2.15. The molecule has 0 saturated carbocycles. The Bertz CT molecular complexity index is 1110. The minimum Gasteiger partial charge on any atom is -0.507 e. The Morgan fingerprint density at radius 3 is 2.32 bits per heavy atom. The number of aliphatic hydroxyl groups excluding tert-OH is 1. The summed E-state index contributed by atoms with van der Waals surface area (Å²) in [6, 6.07) is 1.07. The van der Waals surface area contributed by atoms with Gasteiger partial charge in [0.2, 0.25) is 6.29 Å². The molecule has 2 aromatic rings. The lowest BCUT2D eigenvalue weighted by molar-refractivity contribution is -0.0555. The molecule has 0 aromatic heterocycles. The molecule has 10 heteroatoms. The molecule has 28 heavy (non-hydrogen) atoms. The number of carbonyl (C=O) groups is 3. The van der Waals surface area contributed by atoms with Crippen molar-refractivity contribution in [3.63, 3.8) is 0 Å². The minimum absolute atomic E-state index is 0.0558. The van der Waals surface area contributed by atoms with Crippen molar-refractivity contribution < 1.29 is 49.0 Å². The van der Waals surface area contributed by atoms with Crippen LogP contribution in [0.4, 0.5) is 0 Å². The van der Waals surface area contributed by atoms with Gasteiger partial charge in [-0.05, 0) is 25.5 Å². The van der Waals surface area contributed by atoms with Gasteiger partial charge in [-0.15, -0.1) is 0 Å². The van der Waals surface area contributed by atoms with E-state index in [4.69, 9.17) is 9.47 Å². The normalized spacial score (nSPS) is 16.9. The molecule has 2 heterocycles. The number of benzene rings is 2. The summed E-state index contributed by atoms with van der Waals surface area (Å²) in [6.07, 6.45) is -1.84. The van der Waals surface area contributed by atoms with E-state index in [1.54, 1.807) is 0 Å². The maximum atomic E-state index is 12.7. The highest BCUT2D eigenvalue weighted by Crippen LogP contribution is 2.53. The van der Waals surface area contributed by atoms with Gasteiger partial charge in [0.1, 0.15) is 28.2 Å². The summed E-state index contributed by atoms with van der Waals surface area (Å²) in [4.78, 5) is 36.3. The number of carboxylic acid groups (broad SMARTS) is 1. The third-order valence-corrected chi connectivity index (χ3v) is 4.60. The summed E-state index contributed by atoms with van der Waals surface area (Å²) < 4.78 is 15.6. The summed E-state index contributed by atoms with van der Waals surface area (Å²) in [5.41, 5.74) is -1.57. The fraction of sp³-hybridized carbons (Fsp3) is 0.167.